The topological polar surface area (TPSA) is 68.6 Å². The zero-order chi connectivity index (χ0) is 20.2. The molecule has 2 aliphatic rings. The van der Waals surface area contributed by atoms with Crippen molar-refractivity contribution in [1.82, 2.24) is 20.0 Å². The molecule has 0 aliphatic carbocycles. The fourth-order valence-corrected chi connectivity index (χ4v) is 4.12. The summed E-state index contributed by atoms with van der Waals surface area (Å²) in [6, 6.07) is 7.94. The first-order chi connectivity index (χ1) is 14.1. The zero-order valence-electron chi connectivity index (χ0n) is 17.3. The molecule has 0 radical (unpaired) electrons. The smallest absolute Gasteiger partial charge is 0.258 e. The molecule has 2 aliphatic heterocycles. The Morgan fingerprint density at radius 2 is 2.10 bits per heavy atom. The lowest BCUT2D eigenvalue weighted by Gasteiger charge is -2.20. The third kappa shape index (κ3) is 4.79. The van der Waals surface area contributed by atoms with Crippen LogP contribution in [0.25, 0.3) is 0 Å². The summed E-state index contributed by atoms with van der Waals surface area (Å²) in [5.41, 5.74) is 3.54. The van der Waals surface area contributed by atoms with Crippen LogP contribution in [0.5, 0.6) is 5.75 Å². The van der Waals surface area contributed by atoms with Gasteiger partial charge in [0.1, 0.15) is 5.75 Å². The van der Waals surface area contributed by atoms with E-state index in [2.05, 4.69) is 28.3 Å². The van der Waals surface area contributed by atoms with Gasteiger partial charge < -0.3 is 14.8 Å². The molecule has 1 amide bonds. The molecule has 2 atom stereocenters. The molecule has 0 unspecified atom stereocenters. The van der Waals surface area contributed by atoms with Crippen LogP contribution >= 0.6 is 0 Å². The second-order valence-electron chi connectivity index (χ2n) is 8.01. The number of rotatable bonds is 2. The largest absolute Gasteiger partial charge is 0.483 e. The highest BCUT2D eigenvalue weighted by atomic mass is 16.5. The van der Waals surface area contributed by atoms with Crippen molar-refractivity contribution < 1.29 is 14.3 Å². The number of nitrogens with one attached hydrogen (secondary N) is 1. The molecule has 1 fully saturated rings. The van der Waals surface area contributed by atoms with Crippen molar-refractivity contribution in [1.29, 1.82) is 0 Å². The number of para-hydroxylation sites is 1. The molecule has 0 bridgehead atoms. The van der Waals surface area contributed by atoms with Gasteiger partial charge in [0.15, 0.2) is 6.61 Å². The number of aromatic nitrogens is 2. The van der Waals surface area contributed by atoms with Crippen LogP contribution in [0, 0.1) is 6.92 Å². The molecular formula is C22H30N4O3. The minimum absolute atomic E-state index is 0.000874. The number of nitrogens with zero attached hydrogens (tertiary/aromatic N) is 3. The molecule has 7 nitrogen and oxygen atoms in total. The van der Waals surface area contributed by atoms with E-state index in [4.69, 9.17) is 9.47 Å². The highest BCUT2D eigenvalue weighted by Gasteiger charge is 2.35. The lowest BCUT2D eigenvalue weighted by atomic mass is 10.1. The van der Waals surface area contributed by atoms with E-state index in [0.717, 1.165) is 50.2 Å². The van der Waals surface area contributed by atoms with E-state index in [0.29, 0.717) is 6.61 Å². The standard InChI is InChI=1S/C22H30N4O3/c1-16-18(11-23-25(16)2)12-26-13-19-21(14-26)28-10-6-5-8-17-7-3-4-9-20(17)29-15-22(27)24-19/h3-4,7,9,11,19,21H,5-6,8,10,12-15H2,1-2H3,(H,24,27)/t19-,21-/m1/s1. The van der Waals surface area contributed by atoms with Gasteiger partial charge in [-0.05, 0) is 37.8 Å². The molecule has 29 heavy (non-hydrogen) atoms. The molecular weight excluding hydrogens is 368 g/mol. The molecule has 3 heterocycles. The Kier molecular flexibility index (Phi) is 6.16. The zero-order valence-corrected chi connectivity index (χ0v) is 17.3. The van der Waals surface area contributed by atoms with Crippen LogP contribution in [-0.2, 0) is 29.5 Å². The number of fused-ring (bicyclic) bond motifs is 2. The van der Waals surface area contributed by atoms with Crippen LogP contribution in [0.3, 0.4) is 0 Å². The molecule has 1 saturated heterocycles. The Morgan fingerprint density at radius 3 is 2.93 bits per heavy atom. The number of hydrogen-bond acceptors (Lipinski definition) is 5. The maximum Gasteiger partial charge on any atom is 0.258 e. The minimum atomic E-state index is -0.0999. The fourth-order valence-electron chi connectivity index (χ4n) is 4.12. The maximum atomic E-state index is 12.5. The first kappa shape index (κ1) is 19.9. The predicted octanol–water partition coefficient (Wildman–Crippen LogP) is 1.83. The highest BCUT2D eigenvalue weighted by Crippen LogP contribution is 2.22. The third-order valence-corrected chi connectivity index (χ3v) is 5.92. The van der Waals surface area contributed by atoms with Gasteiger partial charge in [0.25, 0.3) is 5.91 Å². The monoisotopic (exact) mass is 398 g/mol. The van der Waals surface area contributed by atoms with Crippen molar-refractivity contribution in [3.8, 4) is 5.75 Å². The van der Waals surface area contributed by atoms with Crippen LogP contribution in [-0.4, -0.2) is 59.0 Å². The Labute approximate surface area is 172 Å². The number of aryl methyl sites for hydroxylation is 2. The summed E-state index contributed by atoms with van der Waals surface area (Å²) in [6.07, 6.45) is 4.89. The third-order valence-electron chi connectivity index (χ3n) is 5.92. The molecule has 2 aromatic rings. The van der Waals surface area contributed by atoms with Gasteiger partial charge in [-0.15, -0.1) is 0 Å². The summed E-state index contributed by atoms with van der Waals surface area (Å²) in [6.45, 7) is 5.21. The van der Waals surface area contributed by atoms with Crippen molar-refractivity contribution in [2.45, 2.75) is 44.9 Å². The van der Waals surface area contributed by atoms with Gasteiger partial charge in [0.05, 0.1) is 18.3 Å². The van der Waals surface area contributed by atoms with Crippen molar-refractivity contribution in [2.24, 2.45) is 7.05 Å². The number of hydrogen-bond donors (Lipinski definition) is 1. The van der Waals surface area contributed by atoms with Crippen LogP contribution < -0.4 is 10.1 Å². The molecule has 1 aromatic heterocycles. The van der Waals surface area contributed by atoms with E-state index in [1.807, 2.05) is 36.1 Å². The molecule has 156 valence electrons. The summed E-state index contributed by atoms with van der Waals surface area (Å²) in [5, 5.41) is 7.47. The summed E-state index contributed by atoms with van der Waals surface area (Å²) in [7, 11) is 1.96. The number of likely N-dealkylation sites (tertiary alicyclic amines) is 1. The quantitative estimate of drug-likeness (QED) is 0.836. The second-order valence-corrected chi connectivity index (χ2v) is 8.01. The lowest BCUT2D eigenvalue weighted by molar-refractivity contribution is -0.124. The van der Waals surface area contributed by atoms with Crippen molar-refractivity contribution in [3.05, 3.63) is 47.3 Å². The van der Waals surface area contributed by atoms with Gasteiger partial charge in [0.2, 0.25) is 0 Å². The van der Waals surface area contributed by atoms with Crippen LogP contribution in [0.1, 0.15) is 29.7 Å². The van der Waals surface area contributed by atoms with E-state index in [9.17, 15) is 4.79 Å². The molecule has 4 rings (SSSR count). The van der Waals surface area contributed by atoms with Gasteiger partial charge >= 0.3 is 0 Å². The number of benzene rings is 1. The normalized spacial score (nSPS) is 23.7. The summed E-state index contributed by atoms with van der Waals surface area (Å²) < 4.78 is 13.9. The summed E-state index contributed by atoms with van der Waals surface area (Å²) >= 11 is 0. The second kappa shape index (κ2) is 8.97. The Balaban J connectivity index is 1.42. The maximum absolute atomic E-state index is 12.5. The van der Waals surface area contributed by atoms with Crippen molar-refractivity contribution in [3.63, 3.8) is 0 Å². The molecule has 0 saturated carbocycles. The van der Waals surface area contributed by atoms with E-state index >= 15 is 0 Å². The van der Waals surface area contributed by atoms with E-state index in [-0.39, 0.29) is 24.7 Å². The van der Waals surface area contributed by atoms with E-state index < -0.39 is 0 Å². The van der Waals surface area contributed by atoms with Crippen LogP contribution in [0.4, 0.5) is 0 Å². The van der Waals surface area contributed by atoms with Gasteiger partial charge in [0, 0.05) is 44.5 Å². The first-order valence-electron chi connectivity index (χ1n) is 10.4. The molecule has 1 N–H and O–H groups in total. The fraction of sp³-hybridized carbons (Fsp3) is 0.545. The van der Waals surface area contributed by atoms with E-state index in [1.165, 1.54) is 11.3 Å². The molecule has 1 aromatic carbocycles. The summed E-state index contributed by atoms with van der Waals surface area (Å²) in [4.78, 5) is 14.9. The number of carbonyl (C=O) groups excluding carboxylic acids is 1. The van der Waals surface area contributed by atoms with Gasteiger partial charge in [-0.25, -0.2) is 0 Å². The predicted molar refractivity (Wildman–Crippen MR) is 110 cm³/mol. The molecule has 0 spiro atoms. The minimum Gasteiger partial charge on any atom is -0.483 e. The van der Waals surface area contributed by atoms with Gasteiger partial charge in [-0.1, -0.05) is 18.2 Å². The van der Waals surface area contributed by atoms with Crippen LogP contribution in [0.15, 0.2) is 30.5 Å². The van der Waals surface area contributed by atoms with Crippen molar-refractivity contribution in [2.75, 3.05) is 26.3 Å². The number of amides is 1. The van der Waals surface area contributed by atoms with Crippen molar-refractivity contribution >= 4 is 5.91 Å². The Morgan fingerprint density at radius 1 is 1.24 bits per heavy atom. The summed E-state index contributed by atoms with van der Waals surface area (Å²) in [5.74, 6) is 0.705. The lowest BCUT2D eigenvalue weighted by Crippen LogP contribution is -2.45. The SMILES string of the molecule is Cc1c(CN2C[C@H]3NC(=O)COc4ccccc4CCCCO[C@@H]3C2)cnn1C. The molecule has 7 heteroatoms. The van der Waals surface area contributed by atoms with Gasteiger partial charge in [-0.3, -0.25) is 14.4 Å². The van der Waals surface area contributed by atoms with E-state index in [1.54, 1.807) is 0 Å². The first-order valence-corrected chi connectivity index (χ1v) is 10.4. The average Bonchev–Trinajstić information content (AvgIpc) is 3.24. The Hall–Kier alpha value is -2.38. The number of ether oxygens (including phenoxy) is 2. The van der Waals surface area contributed by atoms with Crippen LogP contribution in [0.2, 0.25) is 0 Å². The highest BCUT2D eigenvalue weighted by molar-refractivity contribution is 5.78. The average molecular weight is 399 g/mol. The van der Waals surface area contributed by atoms with Gasteiger partial charge in [-0.2, -0.15) is 5.10 Å². The number of carbonyl (C=O) groups is 1. The Bertz CT molecular complexity index is 850.